The highest BCUT2D eigenvalue weighted by Crippen LogP contribution is 2.39. The average molecular weight is 260 g/mol. The first-order valence-corrected chi connectivity index (χ1v) is 5.04. The minimum absolute atomic E-state index is 0.0713. The molecule has 3 nitrogen and oxygen atoms in total. The highest BCUT2D eigenvalue weighted by atomic mass is 19.4. The maximum absolute atomic E-state index is 12.8. The number of rotatable bonds is 4. The summed E-state index contributed by atoms with van der Waals surface area (Å²) in [6, 6.07) is -0.754. The van der Waals surface area contributed by atoms with Crippen LogP contribution >= 0.6 is 0 Å². The number of carbonyl (C=O) groups excluding carboxylic acids is 1. The van der Waals surface area contributed by atoms with Gasteiger partial charge in [-0.05, 0) is 18.8 Å². The van der Waals surface area contributed by atoms with E-state index in [9.17, 15) is 26.7 Å². The number of hydrogen-bond acceptors (Lipinski definition) is 2. The van der Waals surface area contributed by atoms with Crippen LogP contribution in [-0.2, 0) is 4.79 Å². The van der Waals surface area contributed by atoms with Crippen molar-refractivity contribution in [1.82, 2.24) is 4.90 Å². The highest BCUT2D eigenvalue weighted by Gasteiger charge is 2.65. The van der Waals surface area contributed by atoms with Gasteiger partial charge in [0.2, 0.25) is 0 Å². The lowest BCUT2D eigenvalue weighted by atomic mass is 10.1. The lowest BCUT2D eigenvalue weighted by Crippen LogP contribution is -2.55. The largest absolute Gasteiger partial charge is 0.463 e. The maximum Gasteiger partial charge on any atom is 0.463 e. The Labute approximate surface area is 94.7 Å². The van der Waals surface area contributed by atoms with Crippen molar-refractivity contribution in [3.63, 3.8) is 0 Å². The molecule has 2 N–H and O–H groups in total. The summed E-state index contributed by atoms with van der Waals surface area (Å²) in [5, 5.41) is 0. The summed E-state index contributed by atoms with van der Waals surface area (Å²) in [5.41, 5.74) is 5.28. The van der Waals surface area contributed by atoms with Gasteiger partial charge in [-0.25, -0.2) is 0 Å². The minimum atomic E-state index is -5.87. The first-order chi connectivity index (χ1) is 7.63. The summed E-state index contributed by atoms with van der Waals surface area (Å²) in [6.07, 6.45) is -4.49. The van der Waals surface area contributed by atoms with Gasteiger partial charge in [-0.3, -0.25) is 4.79 Å². The van der Waals surface area contributed by atoms with Gasteiger partial charge >= 0.3 is 18.0 Å². The van der Waals surface area contributed by atoms with Gasteiger partial charge < -0.3 is 10.6 Å². The number of nitrogens with zero attached hydrogens (tertiary/aromatic N) is 1. The van der Waals surface area contributed by atoms with E-state index in [0.717, 1.165) is 7.05 Å². The van der Waals surface area contributed by atoms with E-state index < -0.39 is 24.0 Å². The van der Waals surface area contributed by atoms with Gasteiger partial charge in [-0.1, -0.05) is 0 Å². The topological polar surface area (TPSA) is 46.3 Å². The second-order valence-corrected chi connectivity index (χ2v) is 4.13. The van der Waals surface area contributed by atoms with E-state index in [-0.39, 0.29) is 12.5 Å². The fourth-order valence-corrected chi connectivity index (χ4v) is 1.64. The van der Waals surface area contributed by atoms with Crippen LogP contribution in [0.2, 0.25) is 0 Å². The van der Waals surface area contributed by atoms with Crippen molar-refractivity contribution < 1.29 is 26.7 Å². The lowest BCUT2D eigenvalue weighted by molar-refractivity contribution is -0.274. The second-order valence-electron chi connectivity index (χ2n) is 4.13. The molecule has 1 saturated carbocycles. The van der Waals surface area contributed by atoms with Crippen LogP contribution in [0.5, 0.6) is 0 Å². The van der Waals surface area contributed by atoms with Crippen LogP contribution in [-0.4, -0.2) is 42.5 Å². The molecular formula is C9H13F5N2O. The van der Waals surface area contributed by atoms with Crippen molar-refractivity contribution in [2.75, 3.05) is 13.6 Å². The number of nitrogens with two attached hydrogens (primary N) is 1. The van der Waals surface area contributed by atoms with Crippen molar-refractivity contribution in [1.29, 1.82) is 0 Å². The van der Waals surface area contributed by atoms with Crippen LogP contribution < -0.4 is 5.73 Å². The minimum Gasteiger partial charge on any atom is -0.336 e. The number of likely N-dealkylation sites (N-methyl/N-ethyl adjacent to an activating group) is 1. The SMILES string of the molecule is CN(C(=O)C(F)(F)C(F)(F)F)C(CN)C1CC1. The fraction of sp³-hybridized carbons (Fsp3) is 0.889. The quantitative estimate of drug-likeness (QED) is 0.776. The molecule has 100 valence electrons. The molecule has 8 heteroatoms. The van der Waals surface area contributed by atoms with Gasteiger partial charge in [0.05, 0.1) is 0 Å². The first-order valence-electron chi connectivity index (χ1n) is 5.04. The number of carbonyl (C=O) groups is 1. The third-order valence-electron chi connectivity index (χ3n) is 2.85. The van der Waals surface area contributed by atoms with Crippen molar-refractivity contribution in [3.8, 4) is 0 Å². The van der Waals surface area contributed by atoms with E-state index >= 15 is 0 Å². The average Bonchev–Trinajstić information content (AvgIpc) is 2.99. The van der Waals surface area contributed by atoms with Crippen LogP contribution in [0.3, 0.4) is 0 Å². The number of halogens is 5. The summed E-state index contributed by atoms with van der Waals surface area (Å²) in [7, 11) is 0.928. The molecule has 1 aliphatic carbocycles. The summed E-state index contributed by atoms with van der Waals surface area (Å²) in [4.78, 5) is 11.6. The van der Waals surface area contributed by atoms with Crippen molar-refractivity contribution in [2.45, 2.75) is 31.0 Å². The zero-order chi connectivity index (χ0) is 13.4. The molecule has 0 bridgehead atoms. The lowest BCUT2D eigenvalue weighted by Gasteiger charge is -2.31. The van der Waals surface area contributed by atoms with Crippen molar-refractivity contribution in [2.24, 2.45) is 11.7 Å². The molecule has 0 radical (unpaired) electrons. The molecule has 1 amide bonds. The molecule has 0 spiro atoms. The number of hydrogen-bond donors (Lipinski definition) is 1. The Hall–Kier alpha value is -0.920. The molecule has 0 aliphatic heterocycles. The Bertz CT molecular complexity index is 300. The van der Waals surface area contributed by atoms with E-state index in [1.807, 2.05) is 0 Å². The zero-order valence-electron chi connectivity index (χ0n) is 9.10. The van der Waals surface area contributed by atoms with E-state index in [2.05, 4.69) is 0 Å². The Morgan fingerprint density at radius 2 is 1.82 bits per heavy atom. The summed E-state index contributed by atoms with van der Waals surface area (Å²) < 4.78 is 61.6. The van der Waals surface area contributed by atoms with Crippen LogP contribution in [0.15, 0.2) is 0 Å². The van der Waals surface area contributed by atoms with E-state index in [1.54, 1.807) is 0 Å². The fourth-order valence-electron chi connectivity index (χ4n) is 1.64. The van der Waals surface area contributed by atoms with Gasteiger partial charge in [-0.2, -0.15) is 22.0 Å². The van der Waals surface area contributed by atoms with Crippen molar-refractivity contribution in [3.05, 3.63) is 0 Å². The Morgan fingerprint density at radius 1 is 1.35 bits per heavy atom. The highest BCUT2D eigenvalue weighted by molar-refractivity contribution is 5.84. The Kier molecular flexibility index (Phi) is 3.66. The Balaban J connectivity index is 2.81. The monoisotopic (exact) mass is 260 g/mol. The Morgan fingerprint density at radius 3 is 2.12 bits per heavy atom. The standard InChI is InChI=1S/C9H13F5N2O/c1-16(6(4-15)5-2-3-5)7(17)8(10,11)9(12,13)14/h5-6H,2-4,15H2,1H3. The van der Waals surface area contributed by atoms with Crippen molar-refractivity contribution >= 4 is 5.91 Å². The molecule has 0 aromatic carbocycles. The van der Waals surface area contributed by atoms with E-state index in [4.69, 9.17) is 5.73 Å². The molecule has 0 aromatic rings. The van der Waals surface area contributed by atoms with E-state index in [0.29, 0.717) is 17.7 Å². The molecule has 1 rings (SSSR count). The van der Waals surface area contributed by atoms with Gasteiger partial charge in [0.15, 0.2) is 0 Å². The van der Waals surface area contributed by atoms with Gasteiger partial charge in [0.25, 0.3) is 0 Å². The van der Waals surface area contributed by atoms with Gasteiger partial charge in [0.1, 0.15) is 0 Å². The van der Waals surface area contributed by atoms with Crippen LogP contribution in [0.25, 0.3) is 0 Å². The maximum atomic E-state index is 12.8. The summed E-state index contributed by atoms with van der Waals surface area (Å²) >= 11 is 0. The molecule has 1 unspecified atom stereocenters. The van der Waals surface area contributed by atoms with Crippen LogP contribution in [0.1, 0.15) is 12.8 Å². The van der Waals surface area contributed by atoms with Crippen LogP contribution in [0.4, 0.5) is 22.0 Å². The zero-order valence-corrected chi connectivity index (χ0v) is 9.10. The van der Waals surface area contributed by atoms with Crippen LogP contribution in [0, 0.1) is 5.92 Å². The normalized spacial score (nSPS) is 19.0. The molecule has 0 saturated heterocycles. The summed E-state index contributed by atoms with van der Waals surface area (Å²) in [5.74, 6) is -7.67. The molecule has 17 heavy (non-hydrogen) atoms. The molecule has 0 heterocycles. The molecule has 1 fully saturated rings. The first kappa shape index (κ1) is 14.1. The molecular weight excluding hydrogens is 247 g/mol. The van der Waals surface area contributed by atoms with Gasteiger partial charge in [-0.15, -0.1) is 0 Å². The van der Waals surface area contributed by atoms with E-state index in [1.165, 1.54) is 0 Å². The van der Waals surface area contributed by atoms with Gasteiger partial charge in [0, 0.05) is 19.6 Å². The summed E-state index contributed by atoms with van der Waals surface area (Å²) in [6.45, 7) is -0.124. The predicted molar refractivity (Wildman–Crippen MR) is 49.3 cm³/mol. The molecule has 1 aliphatic rings. The smallest absolute Gasteiger partial charge is 0.336 e. The number of alkyl halides is 5. The third-order valence-corrected chi connectivity index (χ3v) is 2.85. The predicted octanol–water partition coefficient (Wildman–Crippen LogP) is 1.38. The second kappa shape index (κ2) is 4.40. The molecule has 1 atom stereocenters. The molecule has 0 aromatic heterocycles. The third kappa shape index (κ3) is 2.67. The number of amides is 1.